The van der Waals surface area contributed by atoms with E-state index in [2.05, 4.69) is 26.6 Å². The van der Waals surface area contributed by atoms with E-state index in [9.17, 15) is 8.42 Å². The molecule has 1 aromatic heterocycles. The summed E-state index contributed by atoms with van der Waals surface area (Å²) in [6.07, 6.45) is 1.88. The molecule has 1 saturated heterocycles. The number of nitrogens with zero attached hydrogens (tertiary/aromatic N) is 3. The van der Waals surface area contributed by atoms with Crippen molar-refractivity contribution in [3.8, 4) is 17.1 Å². The molecule has 5 rings (SSSR count). The highest BCUT2D eigenvalue weighted by molar-refractivity contribution is 7.92. The van der Waals surface area contributed by atoms with Crippen molar-refractivity contribution in [2.75, 3.05) is 24.9 Å². The van der Waals surface area contributed by atoms with Crippen LogP contribution in [0.4, 0.5) is 5.95 Å². The van der Waals surface area contributed by atoms with Crippen LogP contribution in [0.15, 0.2) is 53.4 Å². The molecule has 2 atom stereocenters. The number of aryl methyl sites for hydroxylation is 2. The maximum absolute atomic E-state index is 13.2. The quantitative estimate of drug-likeness (QED) is 0.583. The summed E-state index contributed by atoms with van der Waals surface area (Å²) in [5.74, 6) is 0.651. The number of anilines is 1. The van der Waals surface area contributed by atoms with E-state index >= 15 is 0 Å². The maximum atomic E-state index is 13.2. The third-order valence-electron chi connectivity index (χ3n) is 6.74. The lowest BCUT2D eigenvalue weighted by atomic mass is 9.86. The Morgan fingerprint density at radius 1 is 1.06 bits per heavy atom. The molecule has 0 saturated carbocycles. The molecule has 33 heavy (non-hydrogen) atoms. The van der Waals surface area contributed by atoms with E-state index in [0.29, 0.717) is 18.2 Å². The number of benzene rings is 2. The predicted molar refractivity (Wildman–Crippen MR) is 128 cm³/mol. The predicted octanol–water partition coefficient (Wildman–Crippen LogP) is 4.13. The van der Waals surface area contributed by atoms with Gasteiger partial charge in [0, 0.05) is 17.7 Å². The topological polar surface area (TPSA) is 84.4 Å². The molecule has 0 radical (unpaired) electrons. The number of likely N-dealkylation sites (tertiary alicyclic amines) is 1. The van der Waals surface area contributed by atoms with Crippen LogP contribution in [0.5, 0.6) is 5.88 Å². The van der Waals surface area contributed by atoms with Crippen molar-refractivity contribution in [3.05, 3.63) is 65.2 Å². The third-order valence-corrected chi connectivity index (χ3v) is 8.07. The van der Waals surface area contributed by atoms with Crippen LogP contribution >= 0.6 is 0 Å². The highest BCUT2D eigenvalue weighted by Crippen LogP contribution is 2.34. The van der Waals surface area contributed by atoms with Gasteiger partial charge in [0.1, 0.15) is 6.61 Å². The molecule has 2 aromatic carbocycles. The van der Waals surface area contributed by atoms with Crippen LogP contribution in [-0.4, -0.2) is 49.5 Å². The molecule has 2 unspecified atom stereocenters. The minimum atomic E-state index is -3.86. The number of rotatable bonds is 1. The molecule has 1 N–H and O–H groups in total. The monoisotopic (exact) mass is 464 g/mol. The summed E-state index contributed by atoms with van der Waals surface area (Å²) in [4.78, 5) is 11.5. The fraction of sp³-hybridized carbons (Fsp3) is 0.360. The van der Waals surface area contributed by atoms with Crippen LogP contribution in [0.1, 0.15) is 35.4 Å². The first-order valence-electron chi connectivity index (χ1n) is 11.2. The van der Waals surface area contributed by atoms with Gasteiger partial charge < -0.3 is 4.74 Å². The molecule has 0 spiro atoms. The van der Waals surface area contributed by atoms with Gasteiger partial charge in [-0.3, -0.25) is 4.90 Å². The standard InChI is InChI=1S/C25H28N4O3S/c1-16-6-4-7-17(2)24(16)22-14-23-27-25(26-22)28-33(30,31)21-9-5-8-18(13-21)19-10-11-29(3)20(12-19)15-32-23/h4-9,13-14,19-20H,10-12,15H2,1-3H3,(H,26,27,28). The van der Waals surface area contributed by atoms with Gasteiger partial charge in [0.05, 0.1) is 10.6 Å². The van der Waals surface area contributed by atoms with Gasteiger partial charge in [-0.15, -0.1) is 0 Å². The average Bonchev–Trinajstić information content (AvgIpc) is 2.78. The summed E-state index contributed by atoms with van der Waals surface area (Å²) in [6, 6.07) is 15.3. The Balaban J connectivity index is 1.65. The molecule has 3 heterocycles. The van der Waals surface area contributed by atoms with Gasteiger partial charge in [-0.2, -0.15) is 4.98 Å². The lowest BCUT2D eigenvalue weighted by Gasteiger charge is -2.37. The second kappa shape index (κ2) is 8.43. The highest BCUT2D eigenvalue weighted by atomic mass is 32.2. The molecular weight excluding hydrogens is 436 g/mol. The van der Waals surface area contributed by atoms with Crippen LogP contribution in [-0.2, 0) is 10.0 Å². The number of likely N-dealkylation sites (N-methyl/N-ethyl adjacent to an activating group) is 1. The van der Waals surface area contributed by atoms with Gasteiger partial charge >= 0.3 is 0 Å². The Kier molecular flexibility index (Phi) is 5.58. The van der Waals surface area contributed by atoms with Crippen LogP contribution < -0.4 is 9.46 Å². The Morgan fingerprint density at radius 2 is 1.82 bits per heavy atom. The Hall–Kier alpha value is -2.97. The van der Waals surface area contributed by atoms with E-state index in [0.717, 1.165) is 41.6 Å². The molecule has 6 bridgehead atoms. The molecule has 1 fully saturated rings. The van der Waals surface area contributed by atoms with Crippen molar-refractivity contribution in [2.45, 2.75) is 43.5 Å². The van der Waals surface area contributed by atoms with Crippen molar-refractivity contribution in [2.24, 2.45) is 0 Å². The first kappa shape index (κ1) is 21.9. The lowest BCUT2D eigenvalue weighted by molar-refractivity contribution is 0.112. The summed E-state index contributed by atoms with van der Waals surface area (Å²) >= 11 is 0. The number of fused-ring (bicyclic) bond motifs is 7. The van der Waals surface area contributed by atoms with Gasteiger partial charge in [-0.1, -0.05) is 30.3 Å². The zero-order chi connectivity index (χ0) is 23.2. The number of aromatic nitrogens is 2. The summed E-state index contributed by atoms with van der Waals surface area (Å²) in [6.45, 7) is 5.43. The normalized spacial score (nSPS) is 22.2. The van der Waals surface area contributed by atoms with Gasteiger partial charge in [-0.25, -0.2) is 18.1 Å². The van der Waals surface area contributed by atoms with Crippen molar-refractivity contribution >= 4 is 16.0 Å². The van der Waals surface area contributed by atoms with Gasteiger partial charge in [0.15, 0.2) is 0 Å². The number of piperidine rings is 1. The summed E-state index contributed by atoms with van der Waals surface area (Å²) in [7, 11) is -1.75. The van der Waals surface area contributed by atoms with Gasteiger partial charge in [0.25, 0.3) is 10.0 Å². The van der Waals surface area contributed by atoms with Gasteiger partial charge in [-0.05, 0) is 75.0 Å². The molecule has 2 aliphatic heterocycles. The second-order valence-electron chi connectivity index (χ2n) is 9.03. The number of hydrogen-bond acceptors (Lipinski definition) is 6. The van der Waals surface area contributed by atoms with E-state index in [-0.39, 0.29) is 22.8 Å². The molecule has 172 valence electrons. The maximum Gasteiger partial charge on any atom is 0.264 e. The fourth-order valence-corrected chi connectivity index (χ4v) is 5.85. The number of nitrogens with one attached hydrogen (secondary N) is 1. The van der Waals surface area contributed by atoms with Gasteiger partial charge in [0.2, 0.25) is 11.8 Å². The molecular formula is C25H28N4O3S. The third kappa shape index (κ3) is 4.32. The van der Waals surface area contributed by atoms with Crippen LogP contribution in [0.2, 0.25) is 0 Å². The zero-order valence-corrected chi connectivity index (χ0v) is 19.9. The SMILES string of the molecule is Cc1cccc(C)c1-c1cc2nc(n1)NS(=O)(=O)c1cccc(c1)C1CCN(C)C(CO2)C1. The molecule has 0 aliphatic carbocycles. The van der Waals surface area contributed by atoms with E-state index < -0.39 is 10.0 Å². The second-order valence-corrected chi connectivity index (χ2v) is 10.7. The van der Waals surface area contributed by atoms with Crippen molar-refractivity contribution in [1.29, 1.82) is 0 Å². The highest BCUT2D eigenvalue weighted by Gasteiger charge is 2.29. The first-order valence-corrected chi connectivity index (χ1v) is 12.7. The van der Waals surface area contributed by atoms with Crippen LogP contribution in [0, 0.1) is 13.8 Å². The van der Waals surface area contributed by atoms with Crippen molar-refractivity contribution in [3.63, 3.8) is 0 Å². The summed E-state index contributed by atoms with van der Waals surface area (Å²) in [5, 5.41) is 0. The van der Waals surface area contributed by atoms with E-state index in [1.807, 2.05) is 44.2 Å². The summed E-state index contributed by atoms with van der Waals surface area (Å²) in [5.41, 5.74) is 4.72. The largest absolute Gasteiger partial charge is 0.476 e. The molecule has 8 heteroatoms. The van der Waals surface area contributed by atoms with Crippen molar-refractivity contribution in [1.82, 2.24) is 14.9 Å². The molecule has 2 aliphatic rings. The minimum Gasteiger partial charge on any atom is -0.476 e. The number of sulfonamides is 1. The lowest BCUT2D eigenvalue weighted by Crippen LogP contribution is -2.42. The Bertz CT molecular complexity index is 1290. The van der Waals surface area contributed by atoms with E-state index in [4.69, 9.17) is 4.74 Å². The van der Waals surface area contributed by atoms with Crippen molar-refractivity contribution < 1.29 is 13.2 Å². The Labute approximate surface area is 194 Å². The molecule has 7 nitrogen and oxygen atoms in total. The Morgan fingerprint density at radius 3 is 2.61 bits per heavy atom. The molecule has 3 aromatic rings. The zero-order valence-electron chi connectivity index (χ0n) is 19.1. The minimum absolute atomic E-state index is 0.00568. The van der Waals surface area contributed by atoms with Crippen LogP contribution in [0.3, 0.4) is 0 Å². The number of ether oxygens (including phenoxy) is 1. The van der Waals surface area contributed by atoms with Crippen LogP contribution in [0.25, 0.3) is 11.3 Å². The van der Waals surface area contributed by atoms with E-state index in [1.54, 1.807) is 18.2 Å². The molecule has 0 amide bonds. The number of hydrogen-bond donors (Lipinski definition) is 1. The smallest absolute Gasteiger partial charge is 0.264 e. The average molecular weight is 465 g/mol. The van der Waals surface area contributed by atoms with E-state index in [1.165, 1.54) is 0 Å². The fourth-order valence-electron chi connectivity index (χ4n) is 4.85. The first-order chi connectivity index (χ1) is 15.8. The summed E-state index contributed by atoms with van der Waals surface area (Å²) < 4.78 is 35.2.